The van der Waals surface area contributed by atoms with Crippen LogP contribution in [0.3, 0.4) is 0 Å². The number of pyridine rings is 1. The van der Waals surface area contributed by atoms with Gasteiger partial charge in [-0.2, -0.15) is 10.00 Å². The van der Waals surface area contributed by atoms with Gasteiger partial charge >= 0.3 is 24.4 Å². The Hall–Kier alpha value is -7.12. The summed E-state index contributed by atoms with van der Waals surface area (Å²) in [6.45, 7) is 19.4. The number of hydrogen-bond acceptors (Lipinski definition) is 13. The highest BCUT2D eigenvalue weighted by Crippen LogP contribution is 2.37. The summed E-state index contributed by atoms with van der Waals surface area (Å²) in [4.78, 5) is 75.8. The maximum Gasteiger partial charge on any atom is 0.425 e. The van der Waals surface area contributed by atoms with Crippen molar-refractivity contribution in [2.45, 2.75) is 119 Å². The highest BCUT2D eigenvalue weighted by molar-refractivity contribution is 6.20. The third kappa shape index (κ3) is 12.6. The highest BCUT2D eigenvalue weighted by atomic mass is 19.3. The molecule has 0 atom stereocenters. The number of amides is 3. The molecule has 20 heteroatoms. The van der Waals surface area contributed by atoms with Crippen LogP contribution in [0.4, 0.5) is 43.9 Å². The Bertz CT molecular complexity index is 2640. The number of anilines is 2. The highest BCUT2D eigenvalue weighted by Gasteiger charge is 2.40. The third-order valence-corrected chi connectivity index (χ3v) is 8.40. The first-order chi connectivity index (χ1) is 30.4. The number of halogens is 3. The Balaban J connectivity index is 1.81. The molecular weight excluding hydrogens is 870 g/mol. The van der Waals surface area contributed by atoms with Crippen molar-refractivity contribution in [3.8, 4) is 23.1 Å². The van der Waals surface area contributed by atoms with Crippen molar-refractivity contribution < 1.29 is 65.6 Å². The van der Waals surface area contributed by atoms with Gasteiger partial charge in [-0.1, -0.05) is 12.1 Å². The standard InChI is InChI=1S/C46H53F3N6O11/c1-25-18-36(62-33-17-15-14-16-28(33)47)50-23-32(25)55-38(54(41(59)65-45(8,9)10)42(60)66-46(11,12)13)27(22-51-55)37(56)31-19-26-20-34(61-24-35(48)49)29(52-39(57)63-43(2,3)4)21-30(26)53(31)40(58)64-44(5,6)7/h14-23,35H,24H2,1-13H3,(H,52,57). The summed E-state index contributed by atoms with van der Waals surface area (Å²) >= 11 is 0. The monoisotopic (exact) mass is 922 g/mol. The van der Waals surface area contributed by atoms with Crippen molar-refractivity contribution in [1.29, 1.82) is 0 Å². The van der Waals surface area contributed by atoms with Crippen LogP contribution in [0, 0.1) is 12.7 Å². The molecule has 0 aliphatic heterocycles. The van der Waals surface area contributed by atoms with Crippen LogP contribution in [0.1, 0.15) is 105 Å². The molecular formula is C46H53F3N6O11. The van der Waals surface area contributed by atoms with Crippen molar-refractivity contribution in [2.24, 2.45) is 0 Å². The Labute approximate surface area is 379 Å². The molecule has 1 N–H and O–H groups in total. The number of imide groups is 1. The number of aromatic nitrogens is 4. The molecule has 0 spiro atoms. The molecule has 0 aliphatic carbocycles. The van der Waals surface area contributed by atoms with E-state index in [0.717, 1.165) is 15.4 Å². The fourth-order valence-corrected chi connectivity index (χ4v) is 6.02. The molecule has 354 valence electrons. The number of benzene rings is 2. The van der Waals surface area contributed by atoms with E-state index >= 15 is 4.79 Å². The minimum absolute atomic E-state index is 0.0400. The predicted molar refractivity (Wildman–Crippen MR) is 236 cm³/mol. The maximum absolute atomic E-state index is 15.3. The van der Waals surface area contributed by atoms with E-state index in [0.29, 0.717) is 10.5 Å². The number of nitrogens with zero attached hydrogens (tertiary/aromatic N) is 5. The van der Waals surface area contributed by atoms with E-state index in [1.165, 1.54) is 48.7 Å². The summed E-state index contributed by atoms with van der Waals surface area (Å²) in [5, 5.41) is 6.97. The lowest BCUT2D eigenvalue weighted by molar-refractivity contribution is 0.0424. The van der Waals surface area contributed by atoms with Gasteiger partial charge in [-0.15, -0.1) is 0 Å². The molecule has 5 rings (SSSR count). The number of ketones is 1. The summed E-state index contributed by atoms with van der Waals surface area (Å²) in [7, 11) is 0. The second-order valence-electron chi connectivity index (χ2n) is 18.8. The van der Waals surface area contributed by atoms with Crippen LogP contribution in [0.5, 0.6) is 17.4 Å². The number of hydrogen-bond donors (Lipinski definition) is 1. The van der Waals surface area contributed by atoms with Crippen LogP contribution in [0.25, 0.3) is 16.6 Å². The van der Waals surface area contributed by atoms with Crippen LogP contribution in [0.2, 0.25) is 0 Å². The number of para-hydroxylation sites is 1. The maximum atomic E-state index is 15.3. The summed E-state index contributed by atoms with van der Waals surface area (Å²) in [6.07, 6.45) is -5.31. The molecule has 2 aromatic carbocycles. The van der Waals surface area contributed by atoms with Gasteiger partial charge in [-0.05, 0) is 126 Å². The fourth-order valence-electron chi connectivity index (χ4n) is 6.02. The Morgan fingerprint density at radius 2 is 1.35 bits per heavy atom. The fraction of sp³-hybridized carbons (Fsp3) is 0.413. The molecule has 0 saturated heterocycles. The molecule has 3 amide bonds. The van der Waals surface area contributed by atoms with E-state index < -0.39 is 88.5 Å². The van der Waals surface area contributed by atoms with E-state index in [4.69, 9.17) is 28.4 Å². The summed E-state index contributed by atoms with van der Waals surface area (Å²) in [6, 6.07) is 10.7. The van der Waals surface area contributed by atoms with E-state index in [1.54, 1.807) is 96.1 Å². The number of alkyl halides is 2. The number of aryl methyl sites for hydroxylation is 1. The summed E-state index contributed by atoms with van der Waals surface area (Å²) in [5.74, 6) is -2.63. The quantitative estimate of drug-likeness (QED) is 0.103. The minimum atomic E-state index is -2.93. The molecule has 0 saturated carbocycles. The largest absolute Gasteiger partial charge is 0.485 e. The van der Waals surface area contributed by atoms with Crippen LogP contribution in [0.15, 0.2) is 60.9 Å². The molecule has 0 unspecified atom stereocenters. The molecule has 0 aliphatic rings. The normalized spacial score (nSPS) is 12.1. The average molecular weight is 923 g/mol. The second-order valence-corrected chi connectivity index (χ2v) is 18.8. The van der Waals surface area contributed by atoms with Crippen molar-refractivity contribution in [3.63, 3.8) is 0 Å². The number of nitrogens with one attached hydrogen (secondary N) is 1. The number of carbonyl (C=O) groups excluding carboxylic acids is 5. The first kappa shape index (κ1) is 49.9. The Kier molecular flexibility index (Phi) is 14.2. The summed E-state index contributed by atoms with van der Waals surface area (Å²) < 4.78 is 77.0. The molecule has 0 fully saturated rings. The zero-order valence-corrected chi connectivity index (χ0v) is 38.9. The van der Waals surface area contributed by atoms with Gasteiger partial charge in [-0.25, -0.2) is 46.6 Å². The zero-order valence-electron chi connectivity index (χ0n) is 38.9. The topological polar surface area (TPSA) is 192 Å². The van der Waals surface area contributed by atoms with Gasteiger partial charge in [0.1, 0.15) is 40.5 Å². The van der Waals surface area contributed by atoms with E-state index in [9.17, 15) is 32.3 Å². The van der Waals surface area contributed by atoms with Gasteiger partial charge in [0.25, 0.3) is 6.43 Å². The molecule has 5 aromatic rings. The minimum Gasteiger partial charge on any atom is -0.485 e. The lowest BCUT2D eigenvalue weighted by Gasteiger charge is -2.29. The molecule has 66 heavy (non-hydrogen) atoms. The van der Waals surface area contributed by atoms with Crippen LogP contribution >= 0.6 is 0 Å². The lowest BCUT2D eigenvalue weighted by Crippen LogP contribution is -2.45. The second kappa shape index (κ2) is 18.8. The van der Waals surface area contributed by atoms with E-state index in [-0.39, 0.29) is 39.7 Å². The molecule has 17 nitrogen and oxygen atoms in total. The zero-order chi connectivity index (χ0) is 49.3. The summed E-state index contributed by atoms with van der Waals surface area (Å²) in [5.41, 5.74) is -5.27. The van der Waals surface area contributed by atoms with Gasteiger partial charge in [0.05, 0.1) is 34.8 Å². The first-order valence-corrected chi connectivity index (χ1v) is 20.5. The van der Waals surface area contributed by atoms with Gasteiger partial charge in [0.15, 0.2) is 17.4 Å². The van der Waals surface area contributed by atoms with Crippen molar-refractivity contribution >= 4 is 52.6 Å². The van der Waals surface area contributed by atoms with Crippen LogP contribution in [-0.2, 0) is 18.9 Å². The average Bonchev–Trinajstić information content (AvgIpc) is 3.73. The molecule has 3 heterocycles. The molecule has 0 bridgehead atoms. The van der Waals surface area contributed by atoms with Gasteiger partial charge < -0.3 is 28.4 Å². The van der Waals surface area contributed by atoms with E-state index in [2.05, 4.69) is 15.4 Å². The van der Waals surface area contributed by atoms with Crippen molar-refractivity contribution in [3.05, 3.63) is 83.6 Å². The lowest BCUT2D eigenvalue weighted by atomic mass is 10.1. The van der Waals surface area contributed by atoms with Crippen LogP contribution in [-0.4, -0.2) is 84.9 Å². The predicted octanol–water partition coefficient (Wildman–Crippen LogP) is 11.1. The Morgan fingerprint density at radius 1 is 0.758 bits per heavy atom. The smallest absolute Gasteiger partial charge is 0.425 e. The van der Waals surface area contributed by atoms with Crippen molar-refractivity contribution in [2.75, 3.05) is 16.8 Å². The van der Waals surface area contributed by atoms with Crippen LogP contribution < -0.4 is 19.7 Å². The number of fused-ring (bicyclic) bond motifs is 1. The van der Waals surface area contributed by atoms with E-state index in [1.807, 2.05) is 0 Å². The van der Waals surface area contributed by atoms with Gasteiger partial charge in [0, 0.05) is 11.5 Å². The van der Waals surface area contributed by atoms with Gasteiger partial charge in [-0.3, -0.25) is 10.1 Å². The number of rotatable bonds is 10. The van der Waals surface area contributed by atoms with Gasteiger partial charge in [0.2, 0.25) is 11.7 Å². The SMILES string of the molecule is Cc1cc(Oc2ccccc2F)ncc1-n1ncc(C(=O)c2cc3cc(OCC(F)F)c(NC(=O)OC(C)(C)C)cc3n2C(=O)OC(C)(C)C)c1N(C(=O)OC(C)(C)C)C(=O)OC(C)(C)C. The third-order valence-electron chi connectivity index (χ3n) is 8.40. The first-order valence-electron chi connectivity index (χ1n) is 20.5. The van der Waals surface area contributed by atoms with Crippen molar-refractivity contribution in [1.82, 2.24) is 19.3 Å². The number of ether oxygens (including phenoxy) is 6. The number of carbonyl (C=O) groups is 5. The molecule has 0 radical (unpaired) electrons. The molecule has 3 aromatic heterocycles. The Morgan fingerprint density at radius 3 is 1.89 bits per heavy atom.